The van der Waals surface area contributed by atoms with Crippen molar-refractivity contribution in [3.8, 4) is 0 Å². The highest BCUT2D eigenvalue weighted by atomic mass is 79.9. The number of allylic oxidation sites excluding steroid dienone is 1. The number of benzene rings is 3. The first-order chi connectivity index (χ1) is 23.7. The van der Waals surface area contributed by atoms with E-state index in [0.717, 1.165) is 72.2 Å². The summed E-state index contributed by atoms with van der Waals surface area (Å²) in [4.78, 5) is 21.8. The van der Waals surface area contributed by atoms with Gasteiger partial charge in [0.15, 0.2) is 5.78 Å². The quantitative estimate of drug-likeness (QED) is 0.0954. The Kier molecular flexibility index (Phi) is 17.9. The van der Waals surface area contributed by atoms with Crippen LogP contribution in [0.2, 0.25) is 0 Å². The molecule has 0 aliphatic carbocycles. The van der Waals surface area contributed by atoms with E-state index < -0.39 is 0 Å². The minimum absolute atomic E-state index is 0. The number of halogens is 1. The summed E-state index contributed by atoms with van der Waals surface area (Å²) < 4.78 is 32.8. The van der Waals surface area contributed by atoms with Crippen LogP contribution in [-0.2, 0) is 50.0 Å². The Hall–Kier alpha value is -4.54. The molecule has 0 aliphatic heterocycles. The standard InChI is InChI=1S/C14H16O3.C14H14O3.C10H9BrO2.C2H4.CH4/c2*1-10(15)3-4-11-5-6-14-12(7-11)8-13(17-14)9-16-2;1-12-6-9-5-7-4-8(11)2-3-10(7)13-9;1-2;/h5-8H,3-4,9H2,1-2H3;3-8H,9H2,1-2H3;2-5H,6H2,1H3;1-2H2;1H4/b;4-3+;;;. The lowest BCUT2D eigenvalue weighted by molar-refractivity contribution is -0.117. The number of methoxy groups -OCH3 is 3. The Bertz CT molecular complexity index is 1980. The molecule has 0 saturated carbocycles. The average Bonchev–Trinajstić information content (AvgIpc) is 3.80. The monoisotopic (exact) mass is 746 g/mol. The van der Waals surface area contributed by atoms with Crippen molar-refractivity contribution in [3.05, 3.63) is 125 Å². The van der Waals surface area contributed by atoms with E-state index in [1.165, 1.54) is 6.92 Å². The summed E-state index contributed by atoms with van der Waals surface area (Å²) in [6.45, 7) is 10.6. The van der Waals surface area contributed by atoms with Crippen molar-refractivity contribution in [2.24, 2.45) is 0 Å². The molecule has 9 heteroatoms. The third-order valence-corrected chi connectivity index (χ3v) is 7.38. The second kappa shape index (κ2) is 21.5. The minimum atomic E-state index is 0. The third kappa shape index (κ3) is 13.1. The summed E-state index contributed by atoms with van der Waals surface area (Å²) in [5.74, 6) is 2.74. The molecule has 3 heterocycles. The van der Waals surface area contributed by atoms with Crippen LogP contribution in [0.5, 0.6) is 0 Å². The van der Waals surface area contributed by atoms with Crippen LogP contribution in [0.25, 0.3) is 39.0 Å². The molecule has 0 amide bonds. The van der Waals surface area contributed by atoms with E-state index in [0.29, 0.717) is 26.2 Å². The number of Topliss-reactive ketones (excluding diaryl/α,β-unsaturated/α-hetero) is 1. The molecule has 0 aliphatic rings. The Morgan fingerprint density at radius 2 is 1.14 bits per heavy atom. The van der Waals surface area contributed by atoms with Gasteiger partial charge in [-0.15, -0.1) is 13.2 Å². The summed E-state index contributed by atoms with van der Waals surface area (Å²) in [7, 11) is 4.93. The van der Waals surface area contributed by atoms with Gasteiger partial charge >= 0.3 is 0 Å². The first-order valence-corrected chi connectivity index (χ1v) is 16.3. The highest BCUT2D eigenvalue weighted by Gasteiger charge is 2.06. The maximum absolute atomic E-state index is 10.9. The molecular weight excluding hydrogens is 700 g/mol. The zero-order chi connectivity index (χ0) is 35.8. The Labute approximate surface area is 302 Å². The first-order valence-electron chi connectivity index (χ1n) is 15.5. The molecule has 0 fully saturated rings. The Balaban J connectivity index is 0.000000253. The average molecular weight is 748 g/mol. The van der Waals surface area contributed by atoms with Gasteiger partial charge in [0, 0.05) is 48.4 Å². The molecule has 3 aromatic heterocycles. The Morgan fingerprint density at radius 1 is 0.680 bits per heavy atom. The van der Waals surface area contributed by atoms with Crippen molar-refractivity contribution >= 4 is 66.5 Å². The van der Waals surface area contributed by atoms with Crippen molar-refractivity contribution in [2.45, 2.75) is 53.9 Å². The summed E-state index contributed by atoms with van der Waals surface area (Å²) in [5, 5.41) is 3.18. The van der Waals surface area contributed by atoms with Gasteiger partial charge in [-0.3, -0.25) is 4.79 Å². The number of furan rings is 3. The van der Waals surface area contributed by atoms with Crippen LogP contribution < -0.4 is 0 Å². The molecule has 0 atom stereocenters. The second-order valence-electron chi connectivity index (χ2n) is 10.9. The zero-order valence-corrected chi connectivity index (χ0v) is 30.3. The minimum Gasteiger partial charge on any atom is -0.459 e. The van der Waals surface area contributed by atoms with E-state index in [2.05, 4.69) is 35.2 Å². The molecule has 3 aromatic carbocycles. The number of carbonyl (C=O) groups is 2. The lowest BCUT2D eigenvalue weighted by atomic mass is 10.1. The van der Waals surface area contributed by atoms with E-state index in [1.54, 1.807) is 40.4 Å². The number of ether oxygens (including phenoxy) is 3. The first kappa shape index (κ1) is 41.6. The van der Waals surface area contributed by atoms with Gasteiger partial charge in [0.2, 0.25) is 0 Å². The summed E-state index contributed by atoms with van der Waals surface area (Å²) >= 11 is 3.41. The van der Waals surface area contributed by atoms with Crippen molar-refractivity contribution in [1.29, 1.82) is 0 Å². The second-order valence-corrected chi connectivity index (χ2v) is 11.9. The third-order valence-electron chi connectivity index (χ3n) is 6.89. The number of hydrogen-bond donors (Lipinski definition) is 0. The van der Waals surface area contributed by atoms with Crippen LogP contribution in [0.4, 0.5) is 0 Å². The van der Waals surface area contributed by atoms with E-state index in [-0.39, 0.29) is 19.0 Å². The van der Waals surface area contributed by atoms with Crippen LogP contribution in [0.15, 0.2) is 110 Å². The lowest BCUT2D eigenvalue weighted by Crippen LogP contribution is -1.93. The maximum atomic E-state index is 10.9. The molecule has 0 bridgehead atoms. The van der Waals surface area contributed by atoms with Crippen LogP contribution in [0, 0.1) is 0 Å². The molecular formula is C41H47BrO8. The largest absolute Gasteiger partial charge is 0.459 e. The summed E-state index contributed by atoms with van der Waals surface area (Å²) in [6, 6.07) is 23.7. The highest BCUT2D eigenvalue weighted by Crippen LogP contribution is 2.24. The van der Waals surface area contributed by atoms with Crippen LogP contribution in [0.3, 0.4) is 0 Å². The van der Waals surface area contributed by atoms with E-state index in [1.807, 2.05) is 66.7 Å². The van der Waals surface area contributed by atoms with Gasteiger partial charge in [-0.2, -0.15) is 0 Å². The number of carbonyl (C=O) groups excluding carboxylic acids is 2. The van der Waals surface area contributed by atoms with Gasteiger partial charge in [-0.25, -0.2) is 0 Å². The number of fused-ring (bicyclic) bond motifs is 3. The molecule has 8 nitrogen and oxygen atoms in total. The SMILES string of the molecule is C.C=C.COCc1cc2cc(/C=C/C(C)=O)ccc2o1.COCc1cc2cc(Br)ccc2o1.COCc1cc2cc(CCC(C)=O)ccc2o1. The molecule has 0 saturated heterocycles. The van der Waals surface area contributed by atoms with Crippen LogP contribution in [0.1, 0.15) is 56.1 Å². The summed E-state index contributed by atoms with van der Waals surface area (Å²) in [6.07, 6.45) is 4.73. The molecule has 266 valence electrons. The normalized spacial score (nSPS) is 10.5. The van der Waals surface area contributed by atoms with Crippen molar-refractivity contribution in [3.63, 3.8) is 0 Å². The number of hydrogen-bond acceptors (Lipinski definition) is 8. The summed E-state index contributed by atoms with van der Waals surface area (Å²) in [5.41, 5.74) is 4.74. The fourth-order valence-electron chi connectivity index (χ4n) is 4.77. The van der Waals surface area contributed by atoms with Gasteiger partial charge in [0.1, 0.15) is 59.6 Å². The van der Waals surface area contributed by atoms with E-state index in [4.69, 9.17) is 27.5 Å². The van der Waals surface area contributed by atoms with Crippen LogP contribution >= 0.6 is 15.9 Å². The molecule has 0 unspecified atom stereocenters. The topological polar surface area (TPSA) is 101 Å². The molecule has 0 radical (unpaired) electrons. The zero-order valence-electron chi connectivity index (χ0n) is 28.7. The smallest absolute Gasteiger partial charge is 0.152 e. The van der Waals surface area contributed by atoms with E-state index in [9.17, 15) is 9.59 Å². The van der Waals surface area contributed by atoms with Crippen molar-refractivity contribution in [1.82, 2.24) is 0 Å². The van der Waals surface area contributed by atoms with Crippen molar-refractivity contribution in [2.75, 3.05) is 21.3 Å². The Morgan fingerprint density at radius 3 is 1.62 bits per heavy atom. The molecule has 0 spiro atoms. The maximum Gasteiger partial charge on any atom is 0.152 e. The highest BCUT2D eigenvalue weighted by molar-refractivity contribution is 9.10. The lowest BCUT2D eigenvalue weighted by Gasteiger charge is -1.98. The molecule has 6 aromatic rings. The fraction of sp³-hybridized carbons (Fsp3) is 0.268. The van der Waals surface area contributed by atoms with Crippen molar-refractivity contribution < 1.29 is 37.1 Å². The van der Waals surface area contributed by atoms with Gasteiger partial charge < -0.3 is 32.3 Å². The number of ketones is 2. The molecule has 0 N–H and O–H groups in total. The molecule has 50 heavy (non-hydrogen) atoms. The van der Waals surface area contributed by atoms with Gasteiger partial charge in [0.05, 0.1) is 0 Å². The van der Waals surface area contributed by atoms with E-state index >= 15 is 0 Å². The predicted molar refractivity (Wildman–Crippen MR) is 205 cm³/mol. The predicted octanol–water partition coefficient (Wildman–Crippen LogP) is 11.1. The molecule has 6 rings (SSSR count). The van der Waals surface area contributed by atoms with Crippen LogP contribution in [-0.4, -0.2) is 32.9 Å². The number of rotatable bonds is 11. The van der Waals surface area contributed by atoms with Gasteiger partial charge in [0.25, 0.3) is 0 Å². The fourth-order valence-corrected chi connectivity index (χ4v) is 5.15. The van der Waals surface area contributed by atoms with Gasteiger partial charge in [-0.05, 0) is 98.1 Å². The van der Waals surface area contributed by atoms with Gasteiger partial charge in [-0.1, -0.05) is 41.6 Å². The number of aryl methyl sites for hydroxylation is 1.